The number of thiazole rings is 1. The van der Waals surface area contributed by atoms with Gasteiger partial charge in [0.25, 0.3) is 6.01 Å². The number of carbonyl (C=O) groups is 1. The SMILES string of the molecule is COC(=O)c1cccc(-c2cnc(N3[C@H](C)Cc4nc(N)sc4[C@@H]3CO)o2)c1. The first-order chi connectivity index (χ1) is 13.5. The van der Waals surface area contributed by atoms with E-state index in [2.05, 4.69) is 9.97 Å². The van der Waals surface area contributed by atoms with E-state index in [4.69, 9.17) is 14.9 Å². The van der Waals surface area contributed by atoms with Gasteiger partial charge in [-0.15, -0.1) is 0 Å². The molecule has 0 fully saturated rings. The lowest BCUT2D eigenvalue weighted by molar-refractivity contribution is 0.0601. The number of hydrogen-bond acceptors (Lipinski definition) is 9. The minimum Gasteiger partial charge on any atom is -0.465 e. The largest absolute Gasteiger partial charge is 0.465 e. The number of carbonyl (C=O) groups excluding carboxylic acids is 1. The number of anilines is 2. The third kappa shape index (κ3) is 3.12. The maximum atomic E-state index is 11.8. The van der Waals surface area contributed by atoms with Crippen molar-refractivity contribution >= 4 is 28.5 Å². The quantitative estimate of drug-likeness (QED) is 0.643. The number of oxazole rings is 1. The smallest absolute Gasteiger partial charge is 0.337 e. The monoisotopic (exact) mass is 400 g/mol. The number of aromatic nitrogens is 2. The van der Waals surface area contributed by atoms with Crippen LogP contribution in [0.3, 0.4) is 0 Å². The number of rotatable bonds is 4. The Morgan fingerprint density at radius 1 is 1.50 bits per heavy atom. The van der Waals surface area contributed by atoms with Gasteiger partial charge in [-0.25, -0.2) is 14.8 Å². The van der Waals surface area contributed by atoms with Gasteiger partial charge in [-0.2, -0.15) is 0 Å². The summed E-state index contributed by atoms with van der Waals surface area (Å²) in [6.45, 7) is 1.93. The average Bonchev–Trinajstić information content (AvgIpc) is 3.32. The van der Waals surface area contributed by atoms with Gasteiger partial charge in [-0.1, -0.05) is 23.5 Å². The second-order valence-electron chi connectivity index (χ2n) is 6.60. The maximum absolute atomic E-state index is 11.8. The van der Waals surface area contributed by atoms with Crippen LogP contribution in [0.1, 0.15) is 33.9 Å². The average molecular weight is 400 g/mol. The van der Waals surface area contributed by atoms with Crippen molar-refractivity contribution in [1.29, 1.82) is 0 Å². The number of esters is 1. The van der Waals surface area contributed by atoms with Gasteiger partial charge in [0.05, 0.1) is 42.1 Å². The summed E-state index contributed by atoms with van der Waals surface area (Å²) in [6.07, 6.45) is 2.30. The Balaban J connectivity index is 1.68. The predicted octanol–water partition coefficient (Wildman–Crippen LogP) is 2.65. The second kappa shape index (κ2) is 7.25. The zero-order chi connectivity index (χ0) is 19.8. The number of nitrogen functional groups attached to an aromatic ring is 1. The van der Waals surface area contributed by atoms with Crippen molar-refractivity contribution in [3.05, 3.63) is 46.6 Å². The van der Waals surface area contributed by atoms with Crippen LogP contribution in [-0.4, -0.2) is 40.8 Å². The van der Waals surface area contributed by atoms with E-state index < -0.39 is 5.97 Å². The van der Waals surface area contributed by atoms with Gasteiger partial charge in [0.15, 0.2) is 10.9 Å². The van der Waals surface area contributed by atoms with Crippen molar-refractivity contribution in [2.24, 2.45) is 0 Å². The highest BCUT2D eigenvalue weighted by atomic mass is 32.1. The Morgan fingerprint density at radius 3 is 3.07 bits per heavy atom. The van der Waals surface area contributed by atoms with Crippen LogP contribution in [0, 0.1) is 0 Å². The first-order valence-corrected chi connectivity index (χ1v) is 9.62. The summed E-state index contributed by atoms with van der Waals surface area (Å²) in [6, 6.07) is 7.08. The van der Waals surface area contributed by atoms with Crippen molar-refractivity contribution < 1.29 is 19.1 Å². The molecule has 2 aromatic heterocycles. The Bertz CT molecular complexity index is 1020. The molecule has 9 heteroatoms. The summed E-state index contributed by atoms with van der Waals surface area (Å²) in [4.78, 5) is 23.5. The molecule has 0 bridgehead atoms. The molecule has 0 saturated heterocycles. The molecule has 146 valence electrons. The number of nitrogens with two attached hydrogens (primary N) is 1. The van der Waals surface area contributed by atoms with Gasteiger partial charge in [-0.05, 0) is 19.1 Å². The van der Waals surface area contributed by atoms with E-state index in [9.17, 15) is 9.90 Å². The van der Waals surface area contributed by atoms with E-state index in [0.29, 0.717) is 28.9 Å². The molecule has 1 aromatic carbocycles. The molecule has 0 aliphatic carbocycles. The van der Waals surface area contributed by atoms with Crippen LogP contribution in [0.25, 0.3) is 11.3 Å². The van der Waals surface area contributed by atoms with Crippen molar-refractivity contribution in [2.75, 3.05) is 24.4 Å². The first-order valence-electron chi connectivity index (χ1n) is 8.80. The van der Waals surface area contributed by atoms with Gasteiger partial charge in [0.1, 0.15) is 0 Å². The first kappa shape index (κ1) is 18.5. The number of ether oxygens (including phenoxy) is 1. The summed E-state index contributed by atoms with van der Waals surface area (Å²) in [7, 11) is 1.34. The summed E-state index contributed by atoms with van der Waals surface area (Å²) in [5.74, 6) is 0.112. The Hall–Kier alpha value is -2.91. The van der Waals surface area contributed by atoms with Crippen LogP contribution in [0.15, 0.2) is 34.9 Å². The van der Waals surface area contributed by atoms with Crippen molar-refractivity contribution in [2.45, 2.75) is 25.4 Å². The number of benzene rings is 1. The molecule has 4 rings (SSSR count). The van der Waals surface area contributed by atoms with E-state index in [1.165, 1.54) is 18.4 Å². The van der Waals surface area contributed by atoms with Gasteiger partial charge in [0.2, 0.25) is 0 Å². The molecule has 0 radical (unpaired) electrons. The number of aliphatic hydroxyl groups is 1. The highest BCUT2D eigenvalue weighted by Gasteiger charge is 2.37. The third-order valence-corrected chi connectivity index (χ3v) is 5.83. The van der Waals surface area contributed by atoms with E-state index in [-0.39, 0.29) is 18.7 Å². The van der Waals surface area contributed by atoms with Crippen LogP contribution in [0.5, 0.6) is 0 Å². The second-order valence-corrected chi connectivity index (χ2v) is 7.66. The molecule has 0 unspecified atom stereocenters. The van der Waals surface area contributed by atoms with E-state index in [1.807, 2.05) is 17.9 Å². The molecular weight excluding hydrogens is 380 g/mol. The fraction of sp³-hybridized carbons (Fsp3) is 0.316. The van der Waals surface area contributed by atoms with Gasteiger partial charge in [-0.3, -0.25) is 0 Å². The topological polar surface area (TPSA) is 115 Å². The van der Waals surface area contributed by atoms with Crippen LogP contribution in [0.2, 0.25) is 0 Å². The standard InChI is InChI=1S/C19H20N4O4S/c1-10-6-13-16(28-18(20)22-13)14(9-24)23(10)19-21-8-15(27-19)11-4-3-5-12(7-11)17(25)26-2/h3-5,7-8,10,14,24H,6,9H2,1-2H3,(H2,20,22)/t10-,14+/m1/s1. The molecule has 8 nitrogen and oxygen atoms in total. The molecule has 3 heterocycles. The fourth-order valence-electron chi connectivity index (χ4n) is 3.53. The van der Waals surface area contributed by atoms with Crippen LogP contribution in [0.4, 0.5) is 11.1 Å². The third-order valence-electron chi connectivity index (χ3n) is 4.80. The summed E-state index contributed by atoms with van der Waals surface area (Å²) in [5, 5.41) is 10.5. The van der Waals surface area contributed by atoms with Crippen LogP contribution >= 0.6 is 11.3 Å². The summed E-state index contributed by atoms with van der Waals surface area (Å²) in [5.41, 5.74) is 7.93. The lowest BCUT2D eigenvalue weighted by Gasteiger charge is -2.37. The van der Waals surface area contributed by atoms with Gasteiger partial charge < -0.3 is 24.9 Å². The van der Waals surface area contributed by atoms with E-state index in [0.717, 1.165) is 16.1 Å². The minimum atomic E-state index is -0.415. The zero-order valence-electron chi connectivity index (χ0n) is 15.5. The van der Waals surface area contributed by atoms with Gasteiger partial charge in [0, 0.05) is 18.0 Å². The molecule has 28 heavy (non-hydrogen) atoms. The van der Waals surface area contributed by atoms with E-state index >= 15 is 0 Å². The highest BCUT2D eigenvalue weighted by Crippen LogP contribution is 2.40. The number of nitrogens with zero attached hydrogens (tertiary/aromatic N) is 3. The Kier molecular flexibility index (Phi) is 4.78. The molecule has 0 spiro atoms. The fourth-order valence-corrected chi connectivity index (χ4v) is 4.48. The number of fused-ring (bicyclic) bond motifs is 1. The molecule has 1 aliphatic rings. The minimum absolute atomic E-state index is 0.0269. The molecule has 3 N–H and O–H groups in total. The number of aliphatic hydroxyl groups excluding tert-OH is 1. The maximum Gasteiger partial charge on any atom is 0.337 e. The Labute approximate surface area is 165 Å². The number of methoxy groups -OCH3 is 1. The van der Waals surface area contributed by atoms with Crippen LogP contribution < -0.4 is 10.6 Å². The molecule has 1 aliphatic heterocycles. The normalized spacial score (nSPS) is 18.8. The summed E-state index contributed by atoms with van der Waals surface area (Å²) >= 11 is 1.38. The Morgan fingerprint density at radius 2 is 2.32 bits per heavy atom. The van der Waals surface area contributed by atoms with E-state index in [1.54, 1.807) is 24.4 Å². The van der Waals surface area contributed by atoms with Crippen molar-refractivity contribution in [3.63, 3.8) is 0 Å². The van der Waals surface area contributed by atoms with Crippen LogP contribution in [-0.2, 0) is 11.2 Å². The van der Waals surface area contributed by atoms with Crippen molar-refractivity contribution in [1.82, 2.24) is 9.97 Å². The van der Waals surface area contributed by atoms with Gasteiger partial charge >= 0.3 is 5.97 Å². The zero-order valence-corrected chi connectivity index (χ0v) is 16.3. The molecule has 3 aromatic rings. The molecule has 0 saturated carbocycles. The van der Waals surface area contributed by atoms with Crippen molar-refractivity contribution in [3.8, 4) is 11.3 Å². The predicted molar refractivity (Wildman–Crippen MR) is 105 cm³/mol. The molecule has 0 amide bonds. The molecular formula is C19H20N4O4S. The highest BCUT2D eigenvalue weighted by molar-refractivity contribution is 7.15. The summed E-state index contributed by atoms with van der Waals surface area (Å²) < 4.78 is 10.8. The molecule has 2 atom stereocenters. The number of hydrogen-bond donors (Lipinski definition) is 2. The lowest BCUT2D eigenvalue weighted by atomic mass is 10.00. The lowest BCUT2D eigenvalue weighted by Crippen LogP contribution is -2.43.